The fourth-order valence-corrected chi connectivity index (χ4v) is 6.47. The first-order chi connectivity index (χ1) is 25.2. The predicted octanol–water partition coefficient (Wildman–Crippen LogP) is 9.32. The van der Waals surface area contributed by atoms with Crippen molar-refractivity contribution in [1.82, 2.24) is 14.8 Å². The molecule has 268 valence electrons. The van der Waals surface area contributed by atoms with Crippen molar-refractivity contribution in [3.63, 3.8) is 0 Å². The third-order valence-corrected chi connectivity index (χ3v) is 9.55. The third kappa shape index (κ3) is 10.2. The Kier molecular flexibility index (Phi) is 12.3. The van der Waals surface area contributed by atoms with E-state index in [1.54, 1.807) is 24.4 Å². The van der Waals surface area contributed by atoms with Crippen LogP contribution in [0.25, 0.3) is 6.08 Å². The number of rotatable bonds is 13. The number of hydrogen-bond donors (Lipinski definition) is 0. The number of benzene rings is 4. The van der Waals surface area contributed by atoms with Gasteiger partial charge in [0.25, 0.3) is 0 Å². The van der Waals surface area contributed by atoms with Crippen LogP contribution in [-0.4, -0.2) is 53.5 Å². The molecular weight excluding hydrogens is 670 g/mol. The highest BCUT2D eigenvalue weighted by molar-refractivity contribution is 6.32. The smallest absolute Gasteiger partial charge is 0.246 e. The molecule has 4 aromatic carbocycles. The molecule has 5 aromatic rings. The van der Waals surface area contributed by atoms with Gasteiger partial charge in [0.1, 0.15) is 18.1 Å². The van der Waals surface area contributed by atoms with E-state index >= 15 is 0 Å². The minimum atomic E-state index is -0.00399. The molecule has 7 nitrogen and oxygen atoms in total. The summed E-state index contributed by atoms with van der Waals surface area (Å²) in [5, 5.41) is 0.445. The van der Waals surface area contributed by atoms with Crippen LogP contribution in [0, 0.1) is 27.7 Å². The lowest BCUT2D eigenvalue weighted by molar-refractivity contribution is -0.127. The van der Waals surface area contributed by atoms with Crippen molar-refractivity contribution in [3.8, 4) is 23.1 Å². The van der Waals surface area contributed by atoms with Gasteiger partial charge >= 0.3 is 0 Å². The van der Waals surface area contributed by atoms with Crippen LogP contribution in [-0.2, 0) is 24.4 Å². The topological polar surface area (TPSA) is 64.1 Å². The molecule has 0 atom stereocenters. The van der Waals surface area contributed by atoms with Crippen molar-refractivity contribution in [2.45, 2.75) is 47.3 Å². The van der Waals surface area contributed by atoms with E-state index in [-0.39, 0.29) is 5.91 Å². The van der Waals surface area contributed by atoms with Gasteiger partial charge in [-0.3, -0.25) is 9.69 Å². The van der Waals surface area contributed by atoms with E-state index in [1.807, 2.05) is 42.2 Å². The van der Waals surface area contributed by atoms with Crippen LogP contribution >= 0.6 is 11.6 Å². The van der Waals surface area contributed by atoms with Gasteiger partial charge < -0.3 is 19.1 Å². The third-order valence-electron chi connectivity index (χ3n) is 9.27. The van der Waals surface area contributed by atoms with E-state index in [1.165, 1.54) is 27.8 Å². The average molecular weight is 716 g/mol. The molecule has 1 amide bonds. The van der Waals surface area contributed by atoms with Gasteiger partial charge in [-0.15, -0.1) is 0 Å². The normalized spacial score (nSPS) is 13.4. The zero-order valence-corrected chi connectivity index (χ0v) is 31.2. The van der Waals surface area contributed by atoms with Gasteiger partial charge in [-0.1, -0.05) is 77.3 Å². The fourth-order valence-electron chi connectivity index (χ4n) is 6.16. The second-order valence-electron chi connectivity index (χ2n) is 13.5. The number of carbonyl (C=O) groups is 1. The number of hydrogen-bond acceptors (Lipinski definition) is 6. The van der Waals surface area contributed by atoms with Crippen molar-refractivity contribution in [1.29, 1.82) is 0 Å². The molecule has 0 unspecified atom stereocenters. The SMILES string of the molecule is Cc1ccc(COc2ccc(Oc3c(C)cc(C=CC(=O)N4CCN(Cc5ccc(CCOc6ccc(C)cc6)c(C)c5)CC4)cc3Cl)nc2)cc1. The van der Waals surface area contributed by atoms with Crippen molar-refractivity contribution in [2.75, 3.05) is 32.8 Å². The Morgan fingerprint density at radius 2 is 1.46 bits per heavy atom. The molecule has 0 spiro atoms. The molecule has 0 saturated carbocycles. The van der Waals surface area contributed by atoms with E-state index < -0.39 is 0 Å². The molecule has 1 saturated heterocycles. The summed E-state index contributed by atoms with van der Waals surface area (Å²) in [6.45, 7) is 13.2. The first-order valence-corrected chi connectivity index (χ1v) is 18.2. The van der Waals surface area contributed by atoms with E-state index in [9.17, 15) is 4.79 Å². The lowest BCUT2D eigenvalue weighted by atomic mass is 10.0. The number of halogens is 1. The number of aromatic nitrogens is 1. The summed E-state index contributed by atoms with van der Waals surface area (Å²) in [6, 6.07) is 30.5. The summed E-state index contributed by atoms with van der Waals surface area (Å²) in [6.07, 6.45) is 5.95. The maximum Gasteiger partial charge on any atom is 0.246 e. The predicted molar refractivity (Wildman–Crippen MR) is 208 cm³/mol. The first-order valence-electron chi connectivity index (χ1n) is 17.8. The Morgan fingerprint density at radius 1 is 0.769 bits per heavy atom. The minimum absolute atomic E-state index is 0.00399. The molecular formula is C44H46ClN3O4. The minimum Gasteiger partial charge on any atom is -0.493 e. The fraction of sp³-hybridized carbons (Fsp3) is 0.273. The molecule has 0 N–H and O–H groups in total. The van der Waals surface area contributed by atoms with Crippen LogP contribution in [0.4, 0.5) is 0 Å². The van der Waals surface area contributed by atoms with E-state index in [0.29, 0.717) is 48.7 Å². The standard InChI is InChI=1S/C44H46ClN3O4/c1-31-5-9-35(10-6-31)30-51-40-16-17-42(46-28-40)52-44-34(4)26-36(27-41(44)45)12-18-43(49)48-22-20-47(21-23-48)29-37-11-13-38(33(3)25-37)19-24-50-39-14-7-32(2)8-15-39/h5-18,25-28H,19-24,29-30H2,1-4H3. The number of amides is 1. The van der Waals surface area contributed by atoms with Crippen molar-refractivity contribution < 1.29 is 19.0 Å². The Labute approximate surface area is 312 Å². The van der Waals surface area contributed by atoms with Gasteiger partial charge in [-0.25, -0.2) is 4.98 Å². The Morgan fingerprint density at radius 3 is 2.13 bits per heavy atom. The summed E-state index contributed by atoms with van der Waals surface area (Å²) in [7, 11) is 0. The average Bonchev–Trinajstić information content (AvgIpc) is 3.14. The van der Waals surface area contributed by atoms with Crippen LogP contribution < -0.4 is 14.2 Å². The number of ether oxygens (including phenoxy) is 3. The molecule has 8 heteroatoms. The Bertz CT molecular complexity index is 1960. The van der Waals surface area contributed by atoms with Gasteiger partial charge in [0, 0.05) is 51.3 Å². The van der Waals surface area contributed by atoms with Crippen LogP contribution in [0.3, 0.4) is 0 Å². The molecule has 0 radical (unpaired) electrons. The second kappa shape index (κ2) is 17.4. The maximum atomic E-state index is 13.1. The van der Waals surface area contributed by atoms with E-state index in [2.05, 4.69) is 85.3 Å². The molecule has 52 heavy (non-hydrogen) atoms. The quantitative estimate of drug-likeness (QED) is 0.113. The van der Waals surface area contributed by atoms with Crippen LogP contribution in [0.1, 0.15) is 44.5 Å². The molecule has 1 aliphatic heterocycles. The molecule has 1 aliphatic rings. The second-order valence-corrected chi connectivity index (χ2v) is 13.9. The summed E-state index contributed by atoms with van der Waals surface area (Å²) >= 11 is 6.64. The number of aryl methyl sites for hydroxylation is 4. The highest BCUT2D eigenvalue weighted by Crippen LogP contribution is 2.34. The zero-order valence-electron chi connectivity index (χ0n) is 30.4. The van der Waals surface area contributed by atoms with E-state index in [0.717, 1.165) is 48.5 Å². The number of carbonyl (C=O) groups excluding carboxylic acids is 1. The van der Waals surface area contributed by atoms with E-state index in [4.69, 9.17) is 25.8 Å². The Balaban J connectivity index is 0.944. The molecule has 1 fully saturated rings. The molecule has 1 aromatic heterocycles. The van der Waals surface area contributed by atoms with Crippen molar-refractivity contribution >= 4 is 23.6 Å². The first kappa shape index (κ1) is 36.7. The summed E-state index contributed by atoms with van der Waals surface area (Å²) < 4.78 is 17.8. The van der Waals surface area contributed by atoms with Gasteiger partial charge in [0.05, 0.1) is 17.8 Å². The van der Waals surface area contributed by atoms with Gasteiger partial charge in [-0.05, 0) is 97.5 Å². The van der Waals surface area contributed by atoms with Gasteiger partial charge in [-0.2, -0.15) is 0 Å². The molecule has 0 aliphatic carbocycles. The van der Waals surface area contributed by atoms with Crippen LogP contribution in [0.15, 0.2) is 103 Å². The van der Waals surface area contributed by atoms with Gasteiger partial charge in [0.15, 0.2) is 5.75 Å². The van der Waals surface area contributed by atoms with Crippen LogP contribution in [0.2, 0.25) is 5.02 Å². The number of piperazine rings is 1. The zero-order chi connectivity index (χ0) is 36.5. The number of nitrogens with zero attached hydrogens (tertiary/aromatic N) is 3. The highest BCUT2D eigenvalue weighted by Gasteiger charge is 2.20. The number of pyridine rings is 1. The summed E-state index contributed by atoms with van der Waals surface area (Å²) in [5.74, 6) is 2.50. The molecule has 0 bridgehead atoms. The molecule has 6 rings (SSSR count). The molecule has 2 heterocycles. The largest absolute Gasteiger partial charge is 0.493 e. The maximum absolute atomic E-state index is 13.1. The summed E-state index contributed by atoms with van der Waals surface area (Å²) in [4.78, 5) is 21.8. The van der Waals surface area contributed by atoms with Gasteiger partial charge in [0.2, 0.25) is 11.8 Å². The van der Waals surface area contributed by atoms with Crippen molar-refractivity contribution in [2.24, 2.45) is 0 Å². The van der Waals surface area contributed by atoms with Crippen LogP contribution in [0.5, 0.6) is 23.1 Å². The Hall–Kier alpha value is -5.11. The summed E-state index contributed by atoms with van der Waals surface area (Å²) in [5.41, 5.74) is 9.08. The lowest BCUT2D eigenvalue weighted by Gasteiger charge is -2.34. The highest BCUT2D eigenvalue weighted by atomic mass is 35.5. The van der Waals surface area contributed by atoms with Crippen molar-refractivity contribution in [3.05, 3.63) is 153 Å². The monoisotopic (exact) mass is 715 g/mol. The lowest BCUT2D eigenvalue weighted by Crippen LogP contribution is -2.47.